The predicted molar refractivity (Wildman–Crippen MR) is 494 cm³/mol. The van der Waals surface area contributed by atoms with Gasteiger partial charge >= 0.3 is 60.3 Å². The van der Waals surface area contributed by atoms with E-state index in [0.717, 1.165) is 55.6 Å². The van der Waals surface area contributed by atoms with E-state index in [-0.39, 0.29) is 62.4 Å². The van der Waals surface area contributed by atoms with Crippen molar-refractivity contribution in [3.05, 3.63) is 298 Å². The van der Waals surface area contributed by atoms with Gasteiger partial charge in [0, 0.05) is 132 Å². The molecule has 32 nitrogen and oxygen atoms in total. The maximum Gasteiger partial charge on any atom is 0.319 e. The molecule has 0 heterocycles. The van der Waals surface area contributed by atoms with Crippen molar-refractivity contribution >= 4 is 117 Å². The maximum absolute atomic E-state index is 12.9. The first-order chi connectivity index (χ1) is 60.2. The van der Waals surface area contributed by atoms with Crippen molar-refractivity contribution in [3.8, 4) is 0 Å². The van der Waals surface area contributed by atoms with Gasteiger partial charge in [0.05, 0.1) is 0 Å². The number of nitrogens with two attached hydrogens (primary N) is 2. The Morgan fingerprint density at radius 2 is 0.328 bits per heavy atom. The van der Waals surface area contributed by atoms with Crippen molar-refractivity contribution in [2.75, 3.05) is 92.4 Å². The first-order valence-corrected chi connectivity index (χ1v) is 41.2. The highest BCUT2D eigenvalue weighted by atomic mass is 16.2. The quantitative estimate of drug-likeness (QED) is 0.0174. The molecule has 0 aliphatic heterocycles. The van der Waals surface area contributed by atoms with Crippen molar-refractivity contribution in [1.82, 2.24) is 53.2 Å². The fraction of sp³-hybridized carbons (Fsp3) is 0.247. The zero-order valence-corrected chi connectivity index (χ0v) is 70.6. The molecule has 0 fully saturated rings. The van der Waals surface area contributed by atoms with E-state index in [1.165, 1.54) is 0 Å². The molecule has 10 aromatic rings. The molecule has 10 aromatic carbocycles. The lowest BCUT2D eigenvalue weighted by molar-refractivity contribution is 0.244. The molecule has 0 spiro atoms. The summed E-state index contributed by atoms with van der Waals surface area (Å²) in [5, 5.41) is 56.2. The normalized spacial score (nSPS) is 12.2. The average Bonchev–Trinajstić information content (AvgIpc) is 0.881. The molecule has 10 rings (SSSR count). The molecule has 125 heavy (non-hydrogen) atoms. The second kappa shape index (κ2) is 47.1. The first-order valence-electron chi connectivity index (χ1n) is 41.2. The van der Waals surface area contributed by atoms with Gasteiger partial charge in [0.2, 0.25) is 0 Å². The number of rotatable bonds is 36. The van der Waals surface area contributed by atoms with Crippen LogP contribution in [0.3, 0.4) is 0 Å². The van der Waals surface area contributed by atoms with E-state index in [0.29, 0.717) is 102 Å². The van der Waals surface area contributed by atoms with Gasteiger partial charge < -0.3 is 118 Å². The third-order valence-corrected chi connectivity index (χ3v) is 19.3. The van der Waals surface area contributed by atoms with Crippen molar-refractivity contribution in [2.45, 2.75) is 110 Å². The third-order valence-electron chi connectivity index (χ3n) is 19.3. The average molecular weight is 1700 g/mol. The number of anilines is 10. The van der Waals surface area contributed by atoms with Crippen LogP contribution >= 0.6 is 0 Å². The Kier molecular flexibility index (Phi) is 34.7. The van der Waals surface area contributed by atoms with E-state index < -0.39 is 60.3 Å². The van der Waals surface area contributed by atoms with Crippen molar-refractivity contribution in [3.63, 3.8) is 0 Å². The molecule has 0 saturated carbocycles. The van der Waals surface area contributed by atoms with E-state index >= 15 is 0 Å². The molecule has 0 aromatic heterocycles. The molecule has 24 N–H and O–H groups in total. The van der Waals surface area contributed by atoms with Crippen molar-refractivity contribution in [1.29, 1.82) is 0 Å². The molecule has 20 amide bonds. The molecule has 0 aliphatic rings. The lowest BCUT2D eigenvalue weighted by atomic mass is 10.0. The molecule has 0 radical (unpaired) electrons. The highest BCUT2D eigenvalue weighted by Gasteiger charge is 2.18. The summed E-state index contributed by atoms with van der Waals surface area (Å²) in [6.45, 7) is 12.2. The van der Waals surface area contributed by atoms with Crippen LogP contribution in [0.5, 0.6) is 0 Å². The van der Waals surface area contributed by atoms with E-state index in [4.69, 9.17) is 11.5 Å². The van der Waals surface area contributed by atoms with Gasteiger partial charge in [-0.1, -0.05) is 121 Å². The van der Waals surface area contributed by atoms with Crippen LogP contribution in [0.2, 0.25) is 0 Å². The number of hydrogen-bond donors (Lipinski definition) is 22. The van der Waals surface area contributed by atoms with Crippen LogP contribution in [0.1, 0.15) is 97.2 Å². The summed E-state index contributed by atoms with van der Waals surface area (Å²) in [5.41, 5.74) is 27.5. The Bertz CT molecular complexity index is 5210. The summed E-state index contributed by atoms with van der Waals surface area (Å²) >= 11 is 0. The Labute approximate surface area is 726 Å². The maximum atomic E-state index is 12.9. The minimum atomic E-state index is -0.437. The number of nitrogens with one attached hydrogen (secondary N) is 20. The number of urea groups is 10. The largest absolute Gasteiger partial charge is 0.336 e. The fourth-order valence-corrected chi connectivity index (χ4v) is 12.6. The number of carbonyl (C=O) groups excluding carboxylic acids is 10. The highest BCUT2D eigenvalue weighted by molar-refractivity contribution is 5.95. The molecule has 32 heteroatoms. The lowest BCUT2D eigenvalue weighted by Gasteiger charge is -2.16. The molecule has 652 valence electrons. The van der Waals surface area contributed by atoms with Gasteiger partial charge in [0.15, 0.2) is 0 Å². The Balaban J connectivity index is 0.525. The van der Waals surface area contributed by atoms with Gasteiger partial charge in [-0.3, -0.25) is 0 Å². The van der Waals surface area contributed by atoms with E-state index in [9.17, 15) is 47.9 Å². The standard InChI is InChI=1S/C93H110N22O10/c1-58(95)53-96-84(116)106-74-27-7-64(8-28-74)47-70-19-39-80(40-20-70)112-90(122)102-60(3)55-98-86(118)108-76-31-11-66(12-32-76)49-72-23-43-82(44-24-72)114-92(124)104-62(5)57-100-88(120)110-78-35-15-68(16-36-78)51-73-25-45-83(46-26-73)115-93(125)105-63(6)56-99-87(119)109-77-33-13-67(14-34-77)50-71-21-41-81(42-22-71)113-91(123)103-61(4)54-97-85(117)107-75-29-9-65(10-30-75)48-69-17-37-79(38-18-69)111-89(121)101-59(2)52-94/h7-46,58-63H,47-57,94-95H2,1-6H3,(H2,96,106,116)(H2,97,107,117)(H2,98,108,118)(H2,99,109,119)(H2,100,110,120)(H2,101,111,121)(H2,102,112,122)(H2,103,113,123)(H2,104,114,124)(H2,105,115,125). The van der Waals surface area contributed by atoms with E-state index in [1.54, 1.807) is 100 Å². The second-order valence-corrected chi connectivity index (χ2v) is 30.7. The lowest BCUT2D eigenvalue weighted by Crippen LogP contribution is -2.44. The monoisotopic (exact) mass is 1690 g/mol. The summed E-state index contributed by atoms with van der Waals surface area (Å²) in [6, 6.07) is 68.8. The Hall–Kier alpha value is -15.2. The van der Waals surface area contributed by atoms with Gasteiger partial charge in [-0.15, -0.1) is 0 Å². The summed E-state index contributed by atoms with van der Waals surface area (Å²) < 4.78 is 0. The van der Waals surface area contributed by atoms with Gasteiger partial charge in [0.1, 0.15) is 0 Å². The van der Waals surface area contributed by atoms with Crippen LogP contribution < -0.4 is 118 Å². The number of carbonyl (C=O) groups is 10. The zero-order valence-electron chi connectivity index (χ0n) is 70.6. The SMILES string of the molecule is CC(N)CNC(=O)Nc1ccc(Cc2ccc(NC(=O)NC(C)CNC(=O)Nc3ccc(Cc4ccc(NC(=O)NC(C)CNC(=O)Nc5ccc(Cc6ccc(NC(=O)NC(C)CNC(=O)Nc7ccc(Cc8ccc(NC(=O)NC(C)CNC(=O)Nc9ccc(Cc%10ccc(NC(=O)NC(C)CN)cc%10)cc9)cc8)cc7)cc6)cc5)cc4)cc3)cc2)cc1. The van der Waals surface area contributed by atoms with Gasteiger partial charge in [0.25, 0.3) is 0 Å². The molecule has 0 bridgehead atoms. The highest BCUT2D eigenvalue weighted by Crippen LogP contribution is 2.23. The summed E-state index contributed by atoms with van der Waals surface area (Å²) in [4.78, 5) is 127. The molecule has 0 saturated heterocycles. The van der Waals surface area contributed by atoms with Gasteiger partial charge in [-0.2, -0.15) is 0 Å². The number of hydrogen-bond acceptors (Lipinski definition) is 12. The topological polar surface area (TPSA) is 463 Å². The molecular formula is C93H110N22O10. The molecule has 6 atom stereocenters. The van der Waals surface area contributed by atoms with E-state index in [2.05, 4.69) is 106 Å². The minimum Gasteiger partial charge on any atom is -0.336 e. The van der Waals surface area contributed by atoms with Crippen LogP contribution in [-0.2, 0) is 32.1 Å². The fourth-order valence-electron chi connectivity index (χ4n) is 12.6. The van der Waals surface area contributed by atoms with Crippen LogP contribution in [0.15, 0.2) is 243 Å². The van der Waals surface area contributed by atoms with Gasteiger partial charge in [-0.05, 0) is 251 Å². The van der Waals surface area contributed by atoms with Crippen molar-refractivity contribution in [2.24, 2.45) is 11.5 Å². The summed E-state index contributed by atoms with van der Waals surface area (Å²) in [7, 11) is 0. The number of amides is 20. The molecule has 0 aliphatic carbocycles. The minimum absolute atomic E-state index is 0.137. The van der Waals surface area contributed by atoms with Crippen LogP contribution in [0, 0.1) is 0 Å². The third kappa shape index (κ3) is 33.7. The molecular weight excluding hydrogens is 1590 g/mol. The van der Waals surface area contributed by atoms with Gasteiger partial charge in [-0.25, -0.2) is 47.9 Å². The summed E-state index contributed by atoms with van der Waals surface area (Å²) in [5.74, 6) is 0. The Morgan fingerprint density at radius 3 is 0.464 bits per heavy atom. The van der Waals surface area contributed by atoms with Crippen molar-refractivity contribution < 1.29 is 47.9 Å². The first kappa shape index (κ1) is 92.1. The zero-order chi connectivity index (χ0) is 89.0. The smallest absolute Gasteiger partial charge is 0.319 e. The summed E-state index contributed by atoms with van der Waals surface area (Å²) in [6.07, 6.45) is 3.12. The second-order valence-electron chi connectivity index (χ2n) is 30.7. The van der Waals surface area contributed by atoms with Crippen LogP contribution in [0.25, 0.3) is 0 Å². The van der Waals surface area contributed by atoms with Crippen LogP contribution in [-0.4, -0.2) is 136 Å². The number of benzene rings is 10. The van der Waals surface area contributed by atoms with E-state index in [1.807, 2.05) is 184 Å². The molecule has 6 unspecified atom stereocenters. The Morgan fingerprint density at radius 1 is 0.200 bits per heavy atom. The van der Waals surface area contributed by atoms with Crippen LogP contribution in [0.4, 0.5) is 105 Å². The predicted octanol–water partition coefficient (Wildman–Crippen LogP) is 13.9.